The quantitative estimate of drug-likeness (QED) is 0.680. The van der Waals surface area contributed by atoms with Gasteiger partial charge in [0.15, 0.2) is 0 Å². The average molecular weight is 418 g/mol. The Morgan fingerprint density at radius 1 is 1.03 bits per heavy atom. The van der Waals surface area contributed by atoms with E-state index in [9.17, 15) is 18.3 Å². The molecule has 1 fully saturated rings. The number of hydrogen-bond acceptors (Lipinski definition) is 6. The van der Waals surface area contributed by atoms with Crippen LogP contribution in [-0.2, 0) is 6.18 Å². The van der Waals surface area contributed by atoms with E-state index in [2.05, 4.69) is 19.9 Å². The number of phenols is 1. The Kier molecular flexibility index (Phi) is 5.38. The zero-order valence-corrected chi connectivity index (χ0v) is 16.3. The Bertz CT molecular complexity index is 1010. The van der Waals surface area contributed by atoms with Gasteiger partial charge in [-0.05, 0) is 31.2 Å². The zero-order valence-electron chi connectivity index (χ0n) is 16.3. The van der Waals surface area contributed by atoms with Crippen LogP contribution in [0.15, 0.2) is 53.1 Å². The molecule has 0 aliphatic carbocycles. The van der Waals surface area contributed by atoms with Gasteiger partial charge in [-0.3, -0.25) is 4.90 Å². The maximum atomic E-state index is 12.9. The van der Waals surface area contributed by atoms with Crippen LogP contribution in [0.3, 0.4) is 0 Å². The molecule has 0 saturated carbocycles. The summed E-state index contributed by atoms with van der Waals surface area (Å²) in [6, 6.07) is 11.9. The van der Waals surface area contributed by atoms with E-state index in [0.717, 1.165) is 44.0 Å². The molecule has 0 amide bonds. The molecule has 1 aliphatic rings. The van der Waals surface area contributed by atoms with Gasteiger partial charge in [-0.15, -0.1) is 0 Å². The van der Waals surface area contributed by atoms with Crippen LogP contribution in [0.5, 0.6) is 5.75 Å². The lowest BCUT2D eigenvalue weighted by Crippen LogP contribution is -2.47. The number of anilines is 1. The summed E-state index contributed by atoms with van der Waals surface area (Å²) in [5, 5.41) is 13.9. The van der Waals surface area contributed by atoms with Crippen LogP contribution in [0.25, 0.3) is 11.4 Å². The van der Waals surface area contributed by atoms with E-state index in [1.54, 1.807) is 12.1 Å². The van der Waals surface area contributed by atoms with Gasteiger partial charge in [-0.25, -0.2) is 0 Å². The molecular weight excluding hydrogens is 397 g/mol. The molecule has 6 nitrogen and oxygen atoms in total. The van der Waals surface area contributed by atoms with E-state index >= 15 is 0 Å². The van der Waals surface area contributed by atoms with Crippen LogP contribution in [0.4, 0.5) is 18.9 Å². The van der Waals surface area contributed by atoms with E-state index in [0.29, 0.717) is 5.89 Å². The fourth-order valence-electron chi connectivity index (χ4n) is 3.59. The van der Waals surface area contributed by atoms with Crippen LogP contribution >= 0.6 is 0 Å². The van der Waals surface area contributed by atoms with Gasteiger partial charge in [0.05, 0.1) is 17.3 Å². The minimum atomic E-state index is -4.43. The summed E-state index contributed by atoms with van der Waals surface area (Å²) >= 11 is 0. The number of aromatic hydroxyl groups is 1. The third-order valence-electron chi connectivity index (χ3n) is 5.33. The number of nitrogens with zero attached hydrogens (tertiary/aromatic N) is 4. The highest BCUT2D eigenvalue weighted by atomic mass is 19.4. The fourth-order valence-corrected chi connectivity index (χ4v) is 3.59. The summed E-state index contributed by atoms with van der Waals surface area (Å²) in [4.78, 5) is 8.61. The third-order valence-corrected chi connectivity index (χ3v) is 5.33. The van der Waals surface area contributed by atoms with Crippen molar-refractivity contribution in [2.75, 3.05) is 31.1 Å². The minimum absolute atomic E-state index is 0.135. The predicted molar refractivity (Wildman–Crippen MR) is 105 cm³/mol. The molecule has 30 heavy (non-hydrogen) atoms. The number of benzene rings is 2. The molecule has 0 spiro atoms. The Balaban J connectivity index is 1.44. The summed E-state index contributed by atoms with van der Waals surface area (Å²) in [6.07, 6.45) is -4.43. The first kappa shape index (κ1) is 20.2. The van der Waals surface area contributed by atoms with Crippen molar-refractivity contribution in [3.8, 4) is 17.1 Å². The van der Waals surface area contributed by atoms with Crippen LogP contribution in [0.2, 0.25) is 0 Å². The molecule has 0 radical (unpaired) electrons. The number of alkyl halides is 3. The summed E-state index contributed by atoms with van der Waals surface area (Å²) in [5.74, 6) is 0.746. The predicted octanol–water partition coefficient (Wildman–Crippen LogP) is 4.34. The molecule has 0 bridgehead atoms. The first-order valence-corrected chi connectivity index (χ1v) is 9.61. The number of halogens is 3. The van der Waals surface area contributed by atoms with Gasteiger partial charge < -0.3 is 14.5 Å². The molecule has 4 rings (SSSR count). The molecular formula is C21H21F3N4O2. The number of piperazine rings is 1. The number of rotatable bonds is 4. The molecule has 1 aromatic heterocycles. The van der Waals surface area contributed by atoms with Crippen molar-refractivity contribution in [2.24, 2.45) is 0 Å². The van der Waals surface area contributed by atoms with Crippen molar-refractivity contribution in [3.05, 3.63) is 60.0 Å². The average Bonchev–Trinajstić information content (AvgIpc) is 3.24. The zero-order chi connectivity index (χ0) is 21.3. The molecule has 1 atom stereocenters. The second-order valence-corrected chi connectivity index (χ2v) is 7.22. The molecule has 1 aliphatic heterocycles. The Morgan fingerprint density at radius 3 is 2.47 bits per heavy atom. The van der Waals surface area contributed by atoms with Crippen LogP contribution < -0.4 is 4.90 Å². The van der Waals surface area contributed by atoms with Crippen LogP contribution in [-0.4, -0.2) is 46.3 Å². The van der Waals surface area contributed by atoms with Crippen molar-refractivity contribution in [1.82, 2.24) is 15.0 Å². The summed E-state index contributed by atoms with van der Waals surface area (Å²) < 4.78 is 44.2. The number of hydrogen-bond donors (Lipinski definition) is 1. The fraction of sp³-hybridized carbons (Fsp3) is 0.333. The SMILES string of the molecule is CC(c1nc(-c2cccc(C(F)(F)F)c2)no1)N1CCN(c2ccccc2O)CC1. The topological polar surface area (TPSA) is 65.6 Å². The van der Waals surface area contributed by atoms with E-state index in [-0.39, 0.29) is 23.2 Å². The molecule has 1 saturated heterocycles. The van der Waals surface area contributed by atoms with Gasteiger partial charge in [0.1, 0.15) is 5.75 Å². The highest BCUT2D eigenvalue weighted by Crippen LogP contribution is 2.32. The Morgan fingerprint density at radius 2 is 1.77 bits per heavy atom. The highest BCUT2D eigenvalue weighted by molar-refractivity contribution is 5.58. The smallest absolute Gasteiger partial charge is 0.416 e. The molecule has 158 valence electrons. The molecule has 3 aromatic rings. The van der Waals surface area contributed by atoms with Crippen LogP contribution in [0, 0.1) is 0 Å². The maximum absolute atomic E-state index is 12.9. The molecule has 2 aromatic carbocycles. The summed E-state index contributed by atoms with van der Waals surface area (Å²) in [7, 11) is 0. The standard InChI is InChI=1S/C21H21F3N4O2/c1-14(27-9-11-28(12-10-27)17-7-2-3-8-18(17)29)20-25-19(26-30-20)15-5-4-6-16(13-15)21(22,23)24/h2-8,13-14,29H,9-12H2,1H3. The number of para-hydroxylation sites is 2. The normalized spacial score (nSPS) is 16.6. The molecule has 2 heterocycles. The summed E-state index contributed by atoms with van der Waals surface area (Å²) in [6.45, 7) is 4.81. The Hall–Kier alpha value is -3.07. The van der Waals surface area contributed by atoms with E-state index in [1.807, 2.05) is 19.1 Å². The monoisotopic (exact) mass is 418 g/mol. The molecule has 1 N–H and O–H groups in total. The minimum Gasteiger partial charge on any atom is -0.506 e. The van der Waals surface area contributed by atoms with E-state index in [1.165, 1.54) is 12.1 Å². The van der Waals surface area contributed by atoms with Crippen molar-refractivity contribution >= 4 is 5.69 Å². The first-order chi connectivity index (χ1) is 14.3. The third kappa shape index (κ3) is 4.11. The van der Waals surface area contributed by atoms with E-state index in [4.69, 9.17) is 4.52 Å². The Labute approximate surface area is 171 Å². The van der Waals surface area contributed by atoms with Crippen molar-refractivity contribution in [1.29, 1.82) is 0 Å². The number of aromatic nitrogens is 2. The first-order valence-electron chi connectivity index (χ1n) is 9.61. The lowest BCUT2D eigenvalue weighted by atomic mass is 10.1. The molecule has 9 heteroatoms. The maximum Gasteiger partial charge on any atom is 0.416 e. The van der Waals surface area contributed by atoms with Gasteiger partial charge in [-0.1, -0.05) is 29.4 Å². The van der Waals surface area contributed by atoms with Gasteiger partial charge in [0.2, 0.25) is 11.7 Å². The van der Waals surface area contributed by atoms with Gasteiger partial charge in [0, 0.05) is 31.7 Å². The lowest BCUT2D eigenvalue weighted by Gasteiger charge is -2.38. The van der Waals surface area contributed by atoms with E-state index < -0.39 is 11.7 Å². The van der Waals surface area contributed by atoms with Crippen LogP contribution in [0.1, 0.15) is 24.4 Å². The largest absolute Gasteiger partial charge is 0.506 e. The lowest BCUT2D eigenvalue weighted by molar-refractivity contribution is -0.137. The molecule has 1 unspecified atom stereocenters. The summed E-state index contributed by atoms with van der Waals surface area (Å²) in [5.41, 5.74) is 0.311. The van der Waals surface area contributed by atoms with Gasteiger partial charge >= 0.3 is 6.18 Å². The second kappa shape index (κ2) is 7.98. The number of phenolic OH excluding ortho intramolecular Hbond substituents is 1. The van der Waals surface area contributed by atoms with Crippen molar-refractivity contribution in [2.45, 2.75) is 19.1 Å². The highest BCUT2D eigenvalue weighted by Gasteiger charge is 2.31. The van der Waals surface area contributed by atoms with Gasteiger partial charge in [-0.2, -0.15) is 18.2 Å². The second-order valence-electron chi connectivity index (χ2n) is 7.22. The van der Waals surface area contributed by atoms with Gasteiger partial charge in [0.25, 0.3) is 0 Å². The van der Waals surface area contributed by atoms with Crippen molar-refractivity contribution < 1.29 is 22.8 Å². The van der Waals surface area contributed by atoms with Crippen molar-refractivity contribution in [3.63, 3.8) is 0 Å².